The van der Waals surface area contributed by atoms with Crippen LogP contribution in [0, 0.1) is 0 Å². The summed E-state index contributed by atoms with van der Waals surface area (Å²) in [4.78, 5) is 21.6. The van der Waals surface area contributed by atoms with Gasteiger partial charge in [-0.15, -0.1) is 10.2 Å². The van der Waals surface area contributed by atoms with Crippen molar-refractivity contribution in [2.45, 2.75) is 37.1 Å². The fourth-order valence-corrected chi connectivity index (χ4v) is 6.13. The highest BCUT2D eigenvalue weighted by molar-refractivity contribution is 7.13. The first-order valence-electron chi connectivity index (χ1n) is 10.9. The summed E-state index contributed by atoms with van der Waals surface area (Å²) in [5.41, 5.74) is 4.39. The van der Waals surface area contributed by atoms with Crippen molar-refractivity contribution >= 4 is 28.2 Å². The van der Waals surface area contributed by atoms with Gasteiger partial charge in [0.2, 0.25) is 5.13 Å². The summed E-state index contributed by atoms with van der Waals surface area (Å²) >= 11 is 1.63. The van der Waals surface area contributed by atoms with Crippen LogP contribution in [0.4, 0.5) is 15.6 Å². The molecule has 1 aromatic carbocycles. The zero-order valence-corrected chi connectivity index (χ0v) is 18.6. The van der Waals surface area contributed by atoms with E-state index in [1.807, 2.05) is 24.5 Å². The van der Waals surface area contributed by atoms with Gasteiger partial charge in [-0.2, -0.15) is 0 Å². The van der Waals surface area contributed by atoms with Crippen LogP contribution in [-0.4, -0.2) is 78.9 Å². The second-order valence-electron chi connectivity index (χ2n) is 9.04. The molecule has 0 atom stereocenters. The fraction of sp³-hybridized carbons (Fsp3) is 0.591. The molecule has 0 N–H and O–H groups in total. The summed E-state index contributed by atoms with van der Waals surface area (Å²) in [5.74, 6) is 0. The maximum atomic E-state index is 12.8. The minimum Gasteiger partial charge on any atom is -0.347 e. The normalized spacial score (nSPS) is 21.8. The molecule has 2 amide bonds. The summed E-state index contributed by atoms with van der Waals surface area (Å²) < 4.78 is 0. The van der Waals surface area contributed by atoms with E-state index in [2.05, 4.69) is 44.3 Å². The van der Waals surface area contributed by atoms with Gasteiger partial charge in [0.25, 0.3) is 0 Å². The smallest absolute Gasteiger partial charge is 0.323 e. The van der Waals surface area contributed by atoms with E-state index >= 15 is 0 Å². The number of hydrogen-bond donors (Lipinski definition) is 0. The number of hydrogen-bond acceptors (Lipinski definition) is 6. The molecule has 2 saturated heterocycles. The number of amides is 2. The topological polar surface area (TPSA) is 55.8 Å². The van der Waals surface area contributed by atoms with Crippen molar-refractivity contribution in [3.63, 3.8) is 0 Å². The van der Waals surface area contributed by atoms with Gasteiger partial charge in [-0.25, -0.2) is 4.79 Å². The molecule has 7 nitrogen and oxygen atoms in total. The summed E-state index contributed by atoms with van der Waals surface area (Å²) in [7, 11) is 3.68. The van der Waals surface area contributed by atoms with Crippen molar-refractivity contribution in [1.29, 1.82) is 0 Å². The van der Waals surface area contributed by atoms with Gasteiger partial charge in [0, 0.05) is 50.9 Å². The minimum absolute atomic E-state index is 0.0887. The van der Waals surface area contributed by atoms with Crippen molar-refractivity contribution < 1.29 is 4.79 Å². The molecule has 2 fully saturated rings. The van der Waals surface area contributed by atoms with Gasteiger partial charge < -0.3 is 14.7 Å². The summed E-state index contributed by atoms with van der Waals surface area (Å²) in [6.45, 7) is 5.17. The zero-order chi connectivity index (χ0) is 20.7. The van der Waals surface area contributed by atoms with Crippen molar-refractivity contribution in [2.75, 3.05) is 56.6 Å². The van der Waals surface area contributed by atoms with Gasteiger partial charge in [-0.05, 0) is 50.4 Å². The lowest BCUT2D eigenvalue weighted by molar-refractivity contribution is 0.104. The second kappa shape index (κ2) is 7.81. The van der Waals surface area contributed by atoms with Gasteiger partial charge in [0.1, 0.15) is 5.51 Å². The monoisotopic (exact) mass is 426 g/mol. The number of nitrogens with zero attached hydrogens (tertiary/aromatic N) is 6. The first-order valence-corrected chi connectivity index (χ1v) is 11.8. The van der Waals surface area contributed by atoms with Crippen molar-refractivity contribution in [2.24, 2.45) is 0 Å². The molecule has 1 spiro atoms. The molecule has 5 rings (SSSR count). The number of rotatable bonds is 2. The molecule has 4 heterocycles. The standard InChI is InChI=1S/C22H30N6OS/c1-25(2)21(29)28-15-22(18-5-3-4-6-19(18)28)9-13-26(14-10-22)17-7-11-27(12-8-17)20-24-23-16-30-20/h3-6,16-17H,7-15H2,1-2H3. The highest BCUT2D eigenvalue weighted by atomic mass is 32.1. The molecule has 0 saturated carbocycles. The fourth-order valence-electron chi connectivity index (χ4n) is 5.51. The van der Waals surface area contributed by atoms with Gasteiger partial charge in [0.05, 0.1) is 0 Å². The van der Waals surface area contributed by atoms with E-state index in [4.69, 9.17) is 0 Å². The Bertz CT molecular complexity index is 885. The first kappa shape index (κ1) is 19.8. The number of likely N-dealkylation sites (tertiary alicyclic amines) is 1. The van der Waals surface area contributed by atoms with Crippen molar-refractivity contribution in [3.8, 4) is 0 Å². The van der Waals surface area contributed by atoms with E-state index in [0.29, 0.717) is 6.04 Å². The predicted molar refractivity (Wildman–Crippen MR) is 121 cm³/mol. The number of anilines is 2. The van der Waals surface area contributed by atoms with E-state index in [-0.39, 0.29) is 11.4 Å². The van der Waals surface area contributed by atoms with Crippen LogP contribution in [0.25, 0.3) is 0 Å². The summed E-state index contributed by atoms with van der Waals surface area (Å²) in [6.07, 6.45) is 4.62. The van der Waals surface area contributed by atoms with Gasteiger partial charge in [-0.3, -0.25) is 4.90 Å². The Morgan fingerprint density at radius 2 is 1.87 bits per heavy atom. The highest BCUT2D eigenvalue weighted by Crippen LogP contribution is 2.47. The van der Waals surface area contributed by atoms with Crippen LogP contribution in [0.2, 0.25) is 0 Å². The van der Waals surface area contributed by atoms with E-state index in [1.165, 1.54) is 18.4 Å². The number of para-hydroxylation sites is 1. The van der Waals surface area contributed by atoms with E-state index in [0.717, 1.165) is 56.4 Å². The highest BCUT2D eigenvalue weighted by Gasteiger charge is 2.47. The molecule has 3 aliphatic rings. The van der Waals surface area contributed by atoms with E-state index < -0.39 is 0 Å². The number of carbonyl (C=O) groups excluding carboxylic acids is 1. The molecule has 3 aliphatic heterocycles. The maximum absolute atomic E-state index is 12.8. The van der Waals surface area contributed by atoms with Gasteiger partial charge in [-0.1, -0.05) is 29.5 Å². The largest absolute Gasteiger partial charge is 0.347 e. The van der Waals surface area contributed by atoms with Gasteiger partial charge >= 0.3 is 6.03 Å². The molecular formula is C22H30N6OS. The summed E-state index contributed by atoms with van der Waals surface area (Å²) in [6, 6.07) is 9.28. The van der Waals surface area contributed by atoms with Crippen LogP contribution in [-0.2, 0) is 5.41 Å². The molecule has 2 aromatic rings. The maximum Gasteiger partial charge on any atom is 0.323 e. The summed E-state index contributed by atoms with van der Waals surface area (Å²) in [5, 5.41) is 9.26. The number of carbonyl (C=O) groups is 1. The van der Waals surface area contributed by atoms with Crippen LogP contribution in [0.1, 0.15) is 31.2 Å². The molecule has 8 heteroatoms. The van der Waals surface area contributed by atoms with E-state index in [9.17, 15) is 4.79 Å². The third-order valence-electron chi connectivity index (χ3n) is 7.20. The molecule has 0 bridgehead atoms. The van der Waals surface area contributed by atoms with Crippen LogP contribution < -0.4 is 9.80 Å². The lowest BCUT2D eigenvalue weighted by atomic mass is 9.74. The molecule has 1 aromatic heterocycles. The lowest BCUT2D eigenvalue weighted by Crippen LogP contribution is -2.52. The Labute approximate surface area is 182 Å². The second-order valence-corrected chi connectivity index (χ2v) is 9.85. The van der Waals surface area contributed by atoms with Crippen molar-refractivity contribution in [3.05, 3.63) is 35.3 Å². The van der Waals surface area contributed by atoms with E-state index in [1.54, 1.807) is 16.2 Å². The Balaban J connectivity index is 1.25. The zero-order valence-electron chi connectivity index (χ0n) is 17.8. The number of piperidine rings is 2. The number of benzene rings is 1. The molecule has 0 aliphatic carbocycles. The Kier molecular flexibility index (Phi) is 5.14. The first-order chi connectivity index (χ1) is 14.6. The molecule has 0 unspecified atom stereocenters. The van der Waals surface area contributed by atoms with Crippen LogP contribution in [0.5, 0.6) is 0 Å². The van der Waals surface area contributed by atoms with Crippen LogP contribution >= 0.6 is 11.3 Å². The molecule has 30 heavy (non-hydrogen) atoms. The average Bonchev–Trinajstić information content (AvgIpc) is 3.42. The Morgan fingerprint density at radius 1 is 1.13 bits per heavy atom. The lowest BCUT2D eigenvalue weighted by Gasteiger charge is -2.45. The quantitative estimate of drug-likeness (QED) is 0.739. The minimum atomic E-state index is 0.0887. The third kappa shape index (κ3) is 3.36. The molecule has 160 valence electrons. The number of urea groups is 1. The van der Waals surface area contributed by atoms with Crippen LogP contribution in [0.3, 0.4) is 0 Å². The Hall–Kier alpha value is -2.19. The predicted octanol–water partition coefficient (Wildman–Crippen LogP) is 3.04. The third-order valence-corrected chi connectivity index (χ3v) is 7.95. The number of fused-ring (bicyclic) bond motifs is 2. The van der Waals surface area contributed by atoms with Gasteiger partial charge in [0.15, 0.2) is 0 Å². The molecular weight excluding hydrogens is 396 g/mol. The molecule has 0 radical (unpaired) electrons. The number of aromatic nitrogens is 2. The van der Waals surface area contributed by atoms with Crippen molar-refractivity contribution in [1.82, 2.24) is 20.0 Å². The SMILES string of the molecule is CN(C)C(=O)N1CC2(CCN(C3CCN(c4nncs4)CC3)CC2)c2ccccc21. The Morgan fingerprint density at radius 3 is 2.53 bits per heavy atom. The van der Waals surface area contributed by atoms with Crippen LogP contribution in [0.15, 0.2) is 29.8 Å². The average molecular weight is 427 g/mol.